The van der Waals surface area contributed by atoms with Gasteiger partial charge in [-0.1, -0.05) is 46.8 Å². The smallest absolute Gasteiger partial charge is 0.122 e. The molecule has 2 heteroatoms. The normalized spacial score (nSPS) is 25.8. The van der Waals surface area contributed by atoms with Crippen molar-refractivity contribution in [2.75, 3.05) is 20.2 Å². The van der Waals surface area contributed by atoms with Crippen LogP contribution in [0.2, 0.25) is 0 Å². The van der Waals surface area contributed by atoms with Crippen LogP contribution in [0.3, 0.4) is 0 Å². The summed E-state index contributed by atoms with van der Waals surface area (Å²) in [6.45, 7) is 13.7. The van der Waals surface area contributed by atoms with Crippen LogP contribution in [-0.2, 0) is 5.41 Å². The Kier molecular flexibility index (Phi) is 4.15. The Morgan fingerprint density at radius 2 is 1.85 bits per heavy atom. The van der Waals surface area contributed by atoms with Crippen LogP contribution < -0.4 is 10.1 Å². The van der Waals surface area contributed by atoms with Crippen LogP contribution in [0.5, 0.6) is 5.75 Å². The fourth-order valence-electron chi connectivity index (χ4n) is 3.60. The van der Waals surface area contributed by atoms with E-state index in [0.717, 1.165) is 18.8 Å². The van der Waals surface area contributed by atoms with Gasteiger partial charge in [-0.25, -0.2) is 0 Å². The van der Waals surface area contributed by atoms with Crippen LogP contribution in [0.25, 0.3) is 0 Å². The third-order valence-electron chi connectivity index (χ3n) is 4.53. The van der Waals surface area contributed by atoms with Gasteiger partial charge in [0.25, 0.3) is 0 Å². The number of hydrogen-bond acceptors (Lipinski definition) is 2. The van der Waals surface area contributed by atoms with Gasteiger partial charge in [0.15, 0.2) is 0 Å². The molecule has 0 aromatic heterocycles. The highest BCUT2D eigenvalue weighted by Gasteiger charge is 2.39. The Morgan fingerprint density at radius 1 is 1.15 bits per heavy atom. The first-order chi connectivity index (χ1) is 9.27. The molecule has 1 atom stereocenters. The second kappa shape index (κ2) is 5.40. The van der Waals surface area contributed by atoms with Gasteiger partial charge in [0.05, 0.1) is 7.11 Å². The molecule has 1 saturated heterocycles. The summed E-state index contributed by atoms with van der Waals surface area (Å²) < 4.78 is 5.64. The maximum absolute atomic E-state index is 5.64. The highest BCUT2D eigenvalue weighted by molar-refractivity contribution is 5.44. The molecular formula is C18H29NO. The van der Waals surface area contributed by atoms with E-state index in [2.05, 4.69) is 58.1 Å². The fraction of sp³-hybridized carbons (Fsp3) is 0.667. The quantitative estimate of drug-likeness (QED) is 0.897. The van der Waals surface area contributed by atoms with E-state index in [4.69, 9.17) is 4.74 Å². The number of benzene rings is 1. The van der Waals surface area contributed by atoms with E-state index in [1.54, 1.807) is 7.11 Å². The maximum Gasteiger partial charge on any atom is 0.122 e. The van der Waals surface area contributed by atoms with Crippen molar-refractivity contribution >= 4 is 0 Å². The van der Waals surface area contributed by atoms with Gasteiger partial charge >= 0.3 is 0 Å². The summed E-state index contributed by atoms with van der Waals surface area (Å²) in [4.78, 5) is 0. The molecule has 2 rings (SSSR count). The second-order valence-corrected chi connectivity index (χ2v) is 7.62. The van der Waals surface area contributed by atoms with Crippen LogP contribution in [0, 0.1) is 5.41 Å². The summed E-state index contributed by atoms with van der Waals surface area (Å²) in [5, 5.41) is 3.61. The number of hydrogen-bond donors (Lipinski definition) is 1. The molecule has 0 aliphatic carbocycles. The van der Waals surface area contributed by atoms with E-state index in [1.165, 1.54) is 17.5 Å². The van der Waals surface area contributed by atoms with E-state index in [-0.39, 0.29) is 5.41 Å². The zero-order valence-corrected chi connectivity index (χ0v) is 13.8. The van der Waals surface area contributed by atoms with Crippen molar-refractivity contribution < 1.29 is 4.74 Å². The lowest BCUT2D eigenvalue weighted by Gasteiger charge is -2.44. The van der Waals surface area contributed by atoms with Crippen molar-refractivity contribution in [1.82, 2.24) is 5.32 Å². The molecule has 20 heavy (non-hydrogen) atoms. The van der Waals surface area contributed by atoms with E-state index in [0.29, 0.717) is 11.3 Å². The summed E-state index contributed by atoms with van der Waals surface area (Å²) in [7, 11) is 1.78. The molecule has 1 aromatic carbocycles. The SMILES string of the molecule is COc1ccc(C(C)C)cc1C1(C)CNCC(C)(C)C1. The second-order valence-electron chi connectivity index (χ2n) is 7.62. The minimum absolute atomic E-state index is 0.137. The average molecular weight is 275 g/mol. The fourth-order valence-corrected chi connectivity index (χ4v) is 3.60. The summed E-state index contributed by atoms with van der Waals surface area (Å²) in [6.07, 6.45) is 1.19. The summed E-state index contributed by atoms with van der Waals surface area (Å²) in [5.74, 6) is 1.57. The van der Waals surface area contributed by atoms with Crippen molar-refractivity contribution in [1.29, 1.82) is 0 Å². The van der Waals surface area contributed by atoms with Crippen molar-refractivity contribution in [3.8, 4) is 5.75 Å². The molecule has 1 aliphatic heterocycles. The number of ether oxygens (including phenoxy) is 1. The lowest BCUT2D eigenvalue weighted by molar-refractivity contribution is 0.176. The highest BCUT2D eigenvalue weighted by Crippen LogP contribution is 2.43. The van der Waals surface area contributed by atoms with E-state index in [1.807, 2.05) is 0 Å². The molecule has 112 valence electrons. The van der Waals surface area contributed by atoms with Gasteiger partial charge in [0.2, 0.25) is 0 Å². The monoisotopic (exact) mass is 275 g/mol. The molecular weight excluding hydrogens is 246 g/mol. The molecule has 1 fully saturated rings. The Morgan fingerprint density at radius 3 is 2.40 bits per heavy atom. The standard InChI is InChI=1S/C18H29NO/c1-13(2)14-7-8-16(20-6)15(9-14)18(5)10-17(3,4)11-19-12-18/h7-9,13,19H,10-12H2,1-6H3. The van der Waals surface area contributed by atoms with Gasteiger partial charge in [-0.15, -0.1) is 0 Å². The summed E-state index contributed by atoms with van der Waals surface area (Å²) in [5.41, 5.74) is 3.21. The van der Waals surface area contributed by atoms with Gasteiger partial charge in [-0.2, -0.15) is 0 Å². The molecule has 1 aliphatic rings. The van der Waals surface area contributed by atoms with Gasteiger partial charge in [0.1, 0.15) is 5.75 Å². The van der Waals surface area contributed by atoms with Crippen molar-refractivity contribution in [2.45, 2.75) is 52.4 Å². The molecule has 0 saturated carbocycles. The number of methoxy groups -OCH3 is 1. The minimum atomic E-state index is 0.137. The van der Waals surface area contributed by atoms with Gasteiger partial charge < -0.3 is 10.1 Å². The highest BCUT2D eigenvalue weighted by atomic mass is 16.5. The summed E-state index contributed by atoms with van der Waals surface area (Å²) in [6, 6.07) is 6.68. The lowest BCUT2D eigenvalue weighted by Crippen LogP contribution is -2.49. The van der Waals surface area contributed by atoms with Gasteiger partial charge in [-0.05, 0) is 29.4 Å². The molecule has 1 N–H and O–H groups in total. The van der Waals surface area contributed by atoms with Crippen LogP contribution in [0.4, 0.5) is 0 Å². The first-order valence-electron chi connectivity index (χ1n) is 7.67. The molecule has 0 amide bonds. The zero-order chi connectivity index (χ0) is 15.0. The van der Waals surface area contributed by atoms with E-state index >= 15 is 0 Å². The Bertz CT molecular complexity index is 478. The van der Waals surface area contributed by atoms with Crippen molar-refractivity contribution in [3.05, 3.63) is 29.3 Å². The number of nitrogens with one attached hydrogen (secondary N) is 1. The lowest BCUT2D eigenvalue weighted by atomic mass is 9.67. The first-order valence-corrected chi connectivity index (χ1v) is 7.67. The van der Waals surface area contributed by atoms with Crippen LogP contribution >= 0.6 is 0 Å². The van der Waals surface area contributed by atoms with Crippen LogP contribution in [-0.4, -0.2) is 20.2 Å². The van der Waals surface area contributed by atoms with E-state index in [9.17, 15) is 0 Å². The third kappa shape index (κ3) is 3.01. The van der Waals surface area contributed by atoms with Gasteiger partial charge in [0, 0.05) is 24.1 Å². The molecule has 0 spiro atoms. The third-order valence-corrected chi connectivity index (χ3v) is 4.53. The number of piperidine rings is 1. The topological polar surface area (TPSA) is 21.3 Å². The number of rotatable bonds is 3. The Balaban J connectivity index is 2.46. The van der Waals surface area contributed by atoms with Gasteiger partial charge in [-0.3, -0.25) is 0 Å². The molecule has 1 aromatic rings. The largest absolute Gasteiger partial charge is 0.496 e. The minimum Gasteiger partial charge on any atom is -0.496 e. The van der Waals surface area contributed by atoms with Crippen LogP contribution in [0.1, 0.15) is 58.1 Å². The molecule has 0 bridgehead atoms. The Labute approximate surface area is 123 Å². The van der Waals surface area contributed by atoms with Crippen LogP contribution in [0.15, 0.2) is 18.2 Å². The maximum atomic E-state index is 5.64. The Hall–Kier alpha value is -1.02. The van der Waals surface area contributed by atoms with Crippen molar-refractivity contribution in [3.63, 3.8) is 0 Å². The molecule has 1 heterocycles. The molecule has 1 unspecified atom stereocenters. The predicted molar refractivity (Wildman–Crippen MR) is 85.7 cm³/mol. The molecule has 0 radical (unpaired) electrons. The van der Waals surface area contributed by atoms with E-state index < -0.39 is 0 Å². The zero-order valence-electron chi connectivity index (χ0n) is 13.8. The van der Waals surface area contributed by atoms with Crippen molar-refractivity contribution in [2.24, 2.45) is 5.41 Å². The first kappa shape index (κ1) is 15.4. The summed E-state index contributed by atoms with van der Waals surface area (Å²) >= 11 is 0. The predicted octanol–water partition coefficient (Wildman–Crippen LogP) is 4.10. The average Bonchev–Trinajstić information content (AvgIpc) is 2.36. The molecule has 2 nitrogen and oxygen atoms in total.